The quantitative estimate of drug-likeness (QED) is 0.139. The van der Waals surface area contributed by atoms with E-state index in [1.165, 1.54) is 54.8 Å². The molecule has 0 saturated carbocycles. The van der Waals surface area contributed by atoms with Gasteiger partial charge in [-0.1, -0.05) is 160 Å². The van der Waals surface area contributed by atoms with Crippen LogP contribution < -0.4 is 25.9 Å². The SMILES string of the molecule is CC(C)(C)c1cc2c3c(c1)Oc1c(cccc1-c1ccccc1-c1c4ccccc4c(-c4ccccc4)c4ccccc14)B3c1ccccc1O2. The van der Waals surface area contributed by atoms with Gasteiger partial charge < -0.3 is 9.47 Å². The zero-order valence-corrected chi connectivity index (χ0v) is 28.9. The van der Waals surface area contributed by atoms with Crippen molar-refractivity contribution in [2.75, 3.05) is 0 Å². The molecule has 0 spiro atoms. The molecule has 0 atom stereocenters. The number of hydrogen-bond acceptors (Lipinski definition) is 2. The molecule has 0 aliphatic carbocycles. The van der Waals surface area contributed by atoms with Crippen molar-refractivity contribution in [3.63, 3.8) is 0 Å². The highest BCUT2D eigenvalue weighted by Gasteiger charge is 2.41. The second-order valence-electron chi connectivity index (χ2n) is 14.8. The first-order chi connectivity index (χ1) is 25.0. The Hall–Kier alpha value is -6.06. The minimum atomic E-state index is -0.0782. The van der Waals surface area contributed by atoms with E-state index in [1.807, 2.05) is 0 Å². The molecule has 0 radical (unpaired) electrons. The second kappa shape index (κ2) is 11.2. The number of fused-ring (bicyclic) bond motifs is 6. The Morgan fingerprint density at radius 3 is 1.65 bits per heavy atom. The molecule has 3 heteroatoms. The third-order valence-electron chi connectivity index (χ3n) is 10.8. The van der Waals surface area contributed by atoms with Crippen molar-refractivity contribution in [1.29, 1.82) is 0 Å². The van der Waals surface area contributed by atoms with Gasteiger partial charge in [-0.25, -0.2) is 0 Å². The molecule has 242 valence electrons. The minimum Gasteiger partial charge on any atom is -0.458 e. The highest BCUT2D eigenvalue weighted by molar-refractivity contribution is 6.98. The summed E-state index contributed by atoms with van der Waals surface area (Å²) in [6.07, 6.45) is 0. The van der Waals surface area contributed by atoms with Crippen molar-refractivity contribution in [1.82, 2.24) is 0 Å². The molecule has 0 amide bonds. The Kier molecular flexibility index (Phi) is 6.57. The third-order valence-corrected chi connectivity index (χ3v) is 10.8. The van der Waals surface area contributed by atoms with Crippen LogP contribution in [0.15, 0.2) is 158 Å². The molecule has 2 nitrogen and oxygen atoms in total. The predicted octanol–water partition coefficient (Wildman–Crippen LogP) is 11.0. The molecule has 51 heavy (non-hydrogen) atoms. The Balaban J connectivity index is 1.25. The molecule has 2 heterocycles. The number of benzene rings is 8. The number of para-hydroxylation sites is 2. The maximum atomic E-state index is 7.12. The lowest BCUT2D eigenvalue weighted by molar-refractivity contribution is 0.459. The van der Waals surface area contributed by atoms with Gasteiger partial charge in [0.25, 0.3) is 6.71 Å². The zero-order chi connectivity index (χ0) is 34.3. The fraction of sp³-hybridized carbons (Fsp3) is 0.0833. The molecule has 0 saturated heterocycles. The van der Waals surface area contributed by atoms with Crippen molar-refractivity contribution in [2.24, 2.45) is 0 Å². The summed E-state index contributed by atoms with van der Waals surface area (Å²) < 4.78 is 13.7. The van der Waals surface area contributed by atoms with E-state index in [0.29, 0.717) is 0 Å². The van der Waals surface area contributed by atoms with Crippen molar-refractivity contribution in [3.05, 3.63) is 163 Å². The average Bonchev–Trinajstić information content (AvgIpc) is 3.16. The molecule has 0 bridgehead atoms. The van der Waals surface area contributed by atoms with E-state index >= 15 is 0 Å². The minimum absolute atomic E-state index is 0.00310. The Morgan fingerprint density at radius 1 is 0.431 bits per heavy atom. The molecule has 2 aliphatic rings. The Morgan fingerprint density at radius 2 is 0.961 bits per heavy atom. The van der Waals surface area contributed by atoms with Crippen LogP contribution in [0, 0.1) is 0 Å². The lowest BCUT2D eigenvalue weighted by Gasteiger charge is -2.35. The van der Waals surface area contributed by atoms with E-state index in [-0.39, 0.29) is 12.1 Å². The molecule has 8 aromatic carbocycles. The fourth-order valence-electron chi connectivity index (χ4n) is 8.38. The molecule has 0 aromatic heterocycles. The van der Waals surface area contributed by atoms with Crippen LogP contribution in [-0.2, 0) is 5.41 Å². The second-order valence-corrected chi connectivity index (χ2v) is 14.8. The first kappa shape index (κ1) is 29.8. The summed E-state index contributed by atoms with van der Waals surface area (Å²) in [5, 5.41) is 4.95. The van der Waals surface area contributed by atoms with Crippen LogP contribution in [0.3, 0.4) is 0 Å². The molecule has 0 unspecified atom stereocenters. The van der Waals surface area contributed by atoms with Gasteiger partial charge in [-0.15, -0.1) is 0 Å². The van der Waals surface area contributed by atoms with Gasteiger partial charge >= 0.3 is 0 Å². The van der Waals surface area contributed by atoms with Crippen LogP contribution in [0.25, 0.3) is 54.9 Å². The van der Waals surface area contributed by atoms with Gasteiger partial charge in [-0.3, -0.25) is 0 Å². The van der Waals surface area contributed by atoms with Crippen LogP contribution in [0.5, 0.6) is 23.0 Å². The Bertz CT molecular complexity index is 2630. The van der Waals surface area contributed by atoms with Gasteiger partial charge in [0.15, 0.2) is 0 Å². The maximum absolute atomic E-state index is 7.12. The lowest BCUT2D eigenvalue weighted by Crippen LogP contribution is -2.57. The summed E-state index contributed by atoms with van der Waals surface area (Å²) >= 11 is 0. The summed E-state index contributed by atoms with van der Waals surface area (Å²) in [5.74, 6) is 3.57. The summed E-state index contributed by atoms with van der Waals surface area (Å²) in [6, 6.07) is 56.9. The number of ether oxygens (including phenoxy) is 2. The van der Waals surface area contributed by atoms with Gasteiger partial charge in [-0.05, 0) is 89.5 Å². The summed E-state index contributed by atoms with van der Waals surface area (Å²) in [6.45, 7) is 6.72. The monoisotopic (exact) mass is 654 g/mol. The average molecular weight is 655 g/mol. The molecule has 2 aliphatic heterocycles. The van der Waals surface area contributed by atoms with Crippen LogP contribution in [0.4, 0.5) is 0 Å². The number of hydrogen-bond donors (Lipinski definition) is 0. The summed E-state index contributed by atoms with van der Waals surface area (Å²) in [4.78, 5) is 0. The molecular formula is C48H35BO2. The van der Waals surface area contributed by atoms with Crippen LogP contribution in [0.2, 0.25) is 0 Å². The normalized spacial score (nSPS) is 12.9. The summed E-state index contributed by atoms with van der Waals surface area (Å²) in [5.41, 5.74) is 11.7. The van der Waals surface area contributed by atoms with E-state index in [1.54, 1.807) is 0 Å². The van der Waals surface area contributed by atoms with Gasteiger partial charge in [-0.2, -0.15) is 0 Å². The van der Waals surface area contributed by atoms with E-state index in [0.717, 1.165) is 45.1 Å². The van der Waals surface area contributed by atoms with Crippen LogP contribution >= 0.6 is 0 Å². The highest BCUT2D eigenvalue weighted by Crippen LogP contribution is 2.48. The third kappa shape index (κ3) is 4.58. The first-order valence-electron chi connectivity index (χ1n) is 17.8. The zero-order valence-electron chi connectivity index (χ0n) is 28.9. The molecular weight excluding hydrogens is 619 g/mol. The maximum Gasteiger partial charge on any atom is 0.260 e. The van der Waals surface area contributed by atoms with E-state index < -0.39 is 0 Å². The van der Waals surface area contributed by atoms with Crippen LogP contribution in [-0.4, -0.2) is 6.71 Å². The van der Waals surface area contributed by atoms with Crippen molar-refractivity contribution in [3.8, 4) is 56.4 Å². The predicted molar refractivity (Wildman–Crippen MR) is 214 cm³/mol. The first-order valence-corrected chi connectivity index (χ1v) is 17.8. The van der Waals surface area contributed by atoms with Crippen LogP contribution in [0.1, 0.15) is 26.3 Å². The van der Waals surface area contributed by atoms with E-state index in [4.69, 9.17) is 9.47 Å². The van der Waals surface area contributed by atoms with Gasteiger partial charge in [0, 0.05) is 11.0 Å². The fourth-order valence-corrected chi connectivity index (χ4v) is 8.38. The Labute approximate surface area is 299 Å². The standard InChI is InChI=1S/C48H35BO2/c1-48(2,3)31-28-42-46-43(29-31)51-47-38(24-15-26-40(47)49(46)39-25-13-14-27-41(39)50-42)32-18-7-8-19-33(32)45-36-22-11-9-20-34(36)44(30-16-5-4-6-17-30)35-21-10-12-23-37(35)45/h4-29H,1-3H3. The van der Waals surface area contributed by atoms with Gasteiger partial charge in [0.2, 0.25) is 0 Å². The lowest BCUT2D eigenvalue weighted by atomic mass is 9.34. The molecule has 8 aromatic rings. The molecule has 10 rings (SSSR count). The topological polar surface area (TPSA) is 18.5 Å². The largest absolute Gasteiger partial charge is 0.458 e. The van der Waals surface area contributed by atoms with E-state index in [2.05, 4.69) is 178 Å². The summed E-state index contributed by atoms with van der Waals surface area (Å²) in [7, 11) is 0. The van der Waals surface area contributed by atoms with E-state index in [9.17, 15) is 0 Å². The van der Waals surface area contributed by atoms with Gasteiger partial charge in [0.1, 0.15) is 23.0 Å². The number of rotatable bonds is 3. The van der Waals surface area contributed by atoms with Crippen molar-refractivity contribution < 1.29 is 9.47 Å². The van der Waals surface area contributed by atoms with Crippen molar-refractivity contribution in [2.45, 2.75) is 26.2 Å². The molecule has 0 N–H and O–H groups in total. The van der Waals surface area contributed by atoms with Gasteiger partial charge in [0.05, 0.1) is 0 Å². The molecule has 0 fully saturated rings. The van der Waals surface area contributed by atoms with Crippen molar-refractivity contribution >= 4 is 44.6 Å². The smallest absolute Gasteiger partial charge is 0.260 e. The highest BCUT2D eigenvalue weighted by atomic mass is 16.5.